The molecule has 2 aromatic rings. The molecule has 0 saturated carbocycles. The molecular weight excluding hydrogens is 296 g/mol. The van der Waals surface area contributed by atoms with Gasteiger partial charge in [-0.25, -0.2) is 18.4 Å². The molecule has 0 atom stereocenters. The lowest BCUT2D eigenvalue weighted by Gasteiger charge is -2.10. The molecule has 8 heteroatoms. The van der Waals surface area contributed by atoms with E-state index >= 15 is 0 Å². The molecule has 1 aromatic heterocycles. The van der Waals surface area contributed by atoms with Gasteiger partial charge in [-0.3, -0.25) is 4.72 Å². The molecule has 104 valence electrons. The van der Waals surface area contributed by atoms with Gasteiger partial charge in [-0.2, -0.15) is 0 Å². The molecule has 0 radical (unpaired) electrons. The molecule has 0 fully saturated rings. The molecule has 0 unspecified atom stereocenters. The molecule has 0 saturated heterocycles. The van der Waals surface area contributed by atoms with Gasteiger partial charge in [0.05, 0.1) is 23.8 Å². The minimum absolute atomic E-state index is 0.166. The van der Waals surface area contributed by atoms with Crippen molar-refractivity contribution in [3.8, 4) is 0 Å². The molecule has 0 spiro atoms. The summed E-state index contributed by atoms with van der Waals surface area (Å²) in [5.74, 6) is -0.227. The van der Waals surface area contributed by atoms with Crippen LogP contribution in [0.5, 0.6) is 0 Å². The van der Waals surface area contributed by atoms with Gasteiger partial charge in [0.1, 0.15) is 11.3 Å². The van der Waals surface area contributed by atoms with Crippen molar-refractivity contribution in [3.63, 3.8) is 0 Å². The number of hydrogen-bond donors (Lipinski definition) is 2. The highest BCUT2D eigenvalue weighted by molar-refractivity contribution is 7.91. The van der Waals surface area contributed by atoms with E-state index in [2.05, 4.69) is 14.7 Å². The first kappa shape index (κ1) is 14.4. The largest absolute Gasteiger partial charge is 0.389 e. The Morgan fingerprint density at radius 1 is 1.25 bits per heavy atom. The van der Waals surface area contributed by atoms with Crippen molar-refractivity contribution >= 4 is 32.9 Å². The first-order chi connectivity index (χ1) is 9.48. The molecule has 0 bridgehead atoms. The van der Waals surface area contributed by atoms with Crippen molar-refractivity contribution in [2.75, 3.05) is 4.72 Å². The smallest absolute Gasteiger partial charge is 0.237 e. The van der Waals surface area contributed by atoms with E-state index in [4.69, 9.17) is 18.0 Å². The Morgan fingerprint density at radius 2 is 1.90 bits per heavy atom. The molecule has 20 heavy (non-hydrogen) atoms. The van der Waals surface area contributed by atoms with E-state index in [0.717, 1.165) is 0 Å². The Kier molecular flexibility index (Phi) is 4.26. The van der Waals surface area contributed by atoms with Crippen LogP contribution in [-0.4, -0.2) is 23.4 Å². The second-order valence-corrected chi connectivity index (χ2v) is 6.17. The predicted molar refractivity (Wildman–Crippen MR) is 80.6 cm³/mol. The number of sulfonamides is 1. The number of rotatable bonds is 5. The fourth-order valence-electron chi connectivity index (χ4n) is 1.66. The van der Waals surface area contributed by atoms with Crippen LogP contribution in [0, 0.1) is 0 Å². The van der Waals surface area contributed by atoms with Crippen molar-refractivity contribution in [2.24, 2.45) is 5.73 Å². The van der Waals surface area contributed by atoms with E-state index in [0.29, 0.717) is 16.8 Å². The summed E-state index contributed by atoms with van der Waals surface area (Å²) >= 11 is 4.91. The molecule has 6 nitrogen and oxygen atoms in total. The lowest BCUT2D eigenvalue weighted by Crippen LogP contribution is -2.19. The van der Waals surface area contributed by atoms with E-state index in [1.807, 2.05) is 0 Å². The summed E-state index contributed by atoms with van der Waals surface area (Å²) in [6.07, 6.45) is 4.08. The minimum atomic E-state index is -3.59. The topological polar surface area (TPSA) is 98.0 Å². The summed E-state index contributed by atoms with van der Waals surface area (Å²) in [5, 5.41) is 0. The Balaban J connectivity index is 2.23. The minimum Gasteiger partial charge on any atom is -0.389 e. The van der Waals surface area contributed by atoms with Crippen LogP contribution in [0.4, 0.5) is 5.69 Å². The van der Waals surface area contributed by atoms with Crippen LogP contribution < -0.4 is 10.5 Å². The fourth-order valence-corrected chi connectivity index (χ4v) is 3.06. The Bertz CT molecular complexity index is 717. The van der Waals surface area contributed by atoms with Crippen LogP contribution in [0.3, 0.4) is 0 Å². The molecule has 0 aliphatic carbocycles. The number of benzene rings is 1. The number of nitrogens with two attached hydrogens (primary N) is 1. The molecule has 0 aliphatic rings. The predicted octanol–water partition coefficient (Wildman–Crippen LogP) is 1.05. The summed E-state index contributed by atoms with van der Waals surface area (Å²) in [7, 11) is -3.59. The van der Waals surface area contributed by atoms with Crippen molar-refractivity contribution in [1.29, 1.82) is 0 Å². The molecular formula is C12H12N4O2S2. The van der Waals surface area contributed by atoms with Crippen LogP contribution >= 0.6 is 12.2 Å². The maximum Gasteiger partial charge on any atom is 0.237 e. The van der Waals surface area contributed by atoms with Crippen LogP contribution in [-0.2, 0) is 15.8 Å². The molecule has 2 rings (SSSR count). The van der Waals surface area contributed by atoms with Gasteiger partial charge < -0.3 is 5.73 Å². The quantitative estimate of drug-likeness (QED) is 0.801. The normalized spacial score (nSPS) is 11.0. The third kappa shape index (κ3) is 3.72. The molecule has 0 aliphatic heterocycles. The Morgan fingerprint density at radius 3 is 2.55 bits per heavy atom. The molecule has 0 amide bonds. The average molecular weight is 308 g/mol. The summed E-state index contributed by atoms with van der Waals surface area (Å²) in [6, 6.07) is 6.86. The molecule has 1 aromatic carbocycles. The van der Waals surface area contributed by atoms with Gasteiger partial charge in [0.15, 0.2) is 0 Å². The number of thiocarbonyl (C=S) groups is 1. The van der Waals surface area contributed by atoms with Crippen LogP contribution in [0.25, 0.3) is 0 Å². The van der Waals surface area contributed by atoms with Gasteiger partial charge in [-0.15, -0.1) is 0 Å². The van der Waals surface area contributed by atoms with E-state index < -0.39 is 10.0 Å². The zero-order valence-corrected chi connectivity index (χ0v) is 12.0. The maximum atomic E-state index is 12.1. The summed E-state index contributed by atoms with van der Waals surface area (Å²) in [4.78, 5) is 7.65. The second kappa shape index (κ2) is 5.93. The number of hydrogen-bond acceptors (Lipinski definition) is 5. The average Bonchev–Trinajstić information content (AvgIpc) is 2.39. The number of nitrogens with zero attached hydrogens (tertiary/aromatic N) is 2. The standard InChI is InChI=1S/C12H12N4O2S2/c13-12(19)11-4-2-1-3-9(11)7-20(17,18)16-10-5-14-8-15-6-10/h1-6,8,16H,7H2,(H2,13,19). The van der Waals surface area contributed by atoms with Crippen molar-refractivity contribution in [2.45, 2.75) is 5.75 Å². The first-order valence-corrected chi connectivity index (χ1v) is 7.67. The third-order valence-electron chi connectivity index (χ3n) is 2.46. The van der Waals surface area contributed by atoms with Crippen molar-refractivity contribution in [1.82, 2.24) is 9.97 Å². The maximum absolute atomic E-state index is 12.1. The molecule has 1 heterocycles. The zero-order chi connectivity index (χ0) is 14.6. The highest BCUT2D eigenvalue weighted by Crippen LogP contribution is 2.14. The van der Waals surface area contributed by atoms with Gasteiger partial charge in [-0.1, -0.05) is 36.5 Å². The monoisotopic (exact) mass is 308 g/mol. The molecule has 3 N–H and O–H groups in total. The number of anilines is 1. The zero-order valence-electron chi connectivity index (χ0n) is 10.4. The second-order valence-electron chi connectivity index (χ2n) is 4.01. The van der Waals surface area contributed by atoms with Gasteiger partial charge >= 0.3 is 0 Å². The van der Waals surface area contributed by atoms with Crippen molar-refractivity contribution in [3.05, 3.63) is 54.1 Å². The van der Waals surface area contributed by atoms with E-state index in [9.17, 15) is 8.42 Å². The van der Waals surface area contributed by atoms with Gasteiger partial charge in [0, 0.05) is 5.56 Å². The first-order valence-electron chi connectivity index (χ1n) is 5.61. The summed E-state index contributed by atoms with van der Waals surface area (Å²) in [5.41, 5.74) is 6.99. The summed E-state index contributed by atoms with van der Waals surface area (Å²) < 4.78 is 26.6. The van der Waals surface area contributed by atoms with E-state index in [-0.39, 0.29) is 10.7 Å². The third-order valence-corrected chi connectivity index (χ3v) is 3.92. The SMILES string of the molecule is NC(=S)c1ccccc1CS(=O)(=O)Nc1cncnc1. The van der Waals surface area contributed by atoms with Gasteiger partial charge in [0.25, 0.3) is 0 Å². The van der Waals surface area contributed by atoms with Crippen LogP contribution in [0.1, 0.15) is 11.1 Å². The van der Waals surface area contributed by atoms with Crippen LogP contribution in [0.15, 0.2) is 43.0 Å². The lowest BCUT2D eigenvalue weighted by atomic mass is 10.1. The fraction of sp³-hybridized carbons (Fsp3) is 0.0833. The van der Waals surface area contributed by atoms with Crippen LogP contribution in [0.2, 0.25) is 0 Å². The van der Waals surface area contributed by atoms with E-state index in [1.165, 1.54) is 18.7 Å². The van der Waals surface area contributed by atoms with Crippen molar-refractivity contribution < 1.29 is 8.42 Å². The van der Waals surface area contributed by atoms with E-state index in [1.54, 1.807) is 24.3 Å². The highest BCUT2D eigenvalue weighted by atomic mass is 32.2. The number of aromatic nitrogens is 2. The number of nitrogens with one attached hydrogen (secondary N) is 1. The Labute approximate surface area is 122 Å². The lowest BCUT2D eigenvalue weighted by molar-refractivity contribution is 0.600. The van der Waals surface area contributed by atoms with Gasteiger partial charge in [-0.05, 0) is 5.56 Å². The highest BCUT2D eigenvalue weighted by Gasteiger charge is 2.15. The Hall–Kier alpha value is -2.06. The summed E-state index contributed by atoms with van der Waals surface area (Å²) in [6.45, 7) is 0. The van der Waals surface area contributed by atoms with Gasteiger partial charge in [0.2, 0.25) is 10.0 Å².